The zero-order valence-electron chi connectivity index (χ0n) is 11.4. The number of aromatic nitrogens is 2. The van der Waals surface area contributed by atoms with Gasteiger partial charge in [0.15, 0.2) is 5.82 Å². The molecule has 0 aliphatic carbocycles. The highest BCUT2D eigenvalue weighted by Gasteiger charge is 2.12. The van der Waals surface area contributed by atoms with Gasteiger partial charge in [-0.25, -0.2) is 14.0 Å². The number of amides is 2. The number of nitrogens with one attached hydrogen (secondary N) is 3. The molecule has 0 radical (unpaired) electrons. The smallest absolute Gasteiger partial charge is 0.337 e. The molecule has 0 spiro atoms. The minimum absolute atomic E-state index is 0.0592. The van der Waals surface area contributed by atoms with Crippen LogP contribution in [0.15, 0.2) is 24.3 Å². The van der Waals surface area contributed by atoms with Gasteiger partial charge in [-0.3, -0.25) is 10.4 Å². The predicted molar refractivity (Wildman–Crippen MR) is 73.7 cm³/mol. The Morgan fingerprint density at radius 3 is 2.62 bits per heavy atom. The van der Waals surface area contributed by atoms with Gasteiger partial charge in [-0.15, -0.1) is 0 Å². The van der Waals surface area contributed by atoms with Gasteiger partial charge in [-0.1, -0.05) is 0 Å². The number of halogens is 1. The van der Waals surface area contributed by atoms with Crippen LogP contribution in [0.2, 0.25) is 0 Å². The van der Waals surface area contributed by atoms with Crippen molar-refractivity contribution in [2.45, 2.75) is 6.92 Å². The maximum atomic E-state index is 13.8. The average molecular weight is 292 g/mol. The summed E-state index contributed by atoms with van der Waals surface area (Å²) in [6.07, 6.45) is 0. The molecule has 0 fully saturated rings. The molecule has 2 amide bonds. The first kappa shape index (κ1) is 14.5. The number of anilines is 2. The summed E-state index contributed by atoms with van der Waals surface area (Å²) in [5.41, 5.74) is 0.773. The number of carbonyl (C=O) groups excluding carboxylic acids is 2. The fraction of sp³-hybridized carbons (Fsp3) is 0.154. The third kappa shape index (κ3) is 3.56. The molecule has 2 rings (SSSR count). The number of nitrogens with zero attached hydrogens (tertiary/aromatic N) is 1. The van der Waals surface area contributed by atoms with E-state index in [2.05, 4.69) is 25.6 Å². The molecule has 7 nitrogen and oxygen atoms in total. The third-order valence-corrected chi connectivity index (χ3v) is 2.59. The van der Waals surface area contributed by atoms with Gasteiger partial charge >= 0.3 is 12.0 Å². The van der Waals surface area contributed by atoms with Crippen LogP contribution in [0.3, 0.4) is 0 Å². The van der Waals surface area contributed by atoms with Crippen molar-refractivity contribution in [2.24, 2.45) is 0 Å². The second-order valence-electron chi connectivity index (χ2n) is 4.20. The van der Waals surface area contributed by atoms with Gasteiger partial charge in [-0.05, 0) is 25.1 Å². The zero-order chi connectivity index (χ0) is 15.4. The van der Waals surface area contributed by atoms with Crippen molar-refractivity contribution < 1.29 is 18.7 Å². The number of methoxy groups -OCH3 is 1. The van der Waals surface area contributed by atoms with Crippen LogP contribution in [-0.4, -0.2) is 29.3 Å². The Labute approximate surface area is 119 Å². The fourth-order valence-electron chi connectivity index (χ4n) is 1.61. The maximum Gasteiger partial charge on any atom is 0.337 e. The van der Waals surface area contributed by atoms with E-state index < -0.39 is 17.8 Å². The van der Waals surface area contributed by atoms with Crippen LogP contribution in [-0.2, 0) is 4.74 Å². The van der Waals surface area contributed by atoms with E-state index in [0.717, 1.165) is 11.8 Å². The maximum absolute atomic E-state index is 13.8. The summed E-state index contributed by atoms with van der Waals surface area (Å²) in [6, 6.07) is 4.59. The molecule has 110 valence electrons. The molecule has 21 heavy (non-hydrogen) atoms. The van der Waals surface area contributed by atoms with Crippen LogP contribution in [0.25, 0.3) is 0 Å². The van der Waals surface area contributed by atoms with Crippen LogP contribution >= 0.6 is 0 Å². The molecule has 0 unspecified atom stereocenters. The lowest BCUT2D eigenvalue weighted by molar-refractivity contribution is 0.0600. The van der Waals surface area contributed by atoms with Gasteiger partial charge in [0.2, 0.25) is 0 Å². The number of hydrogen-bond acceptors (Lipinski definition) is 4. The number of esters is 1. The number of rotatable bonds is 3. The Kier molecular flexibility index (Phi) is 4.17. The van der Waals surface area contributed by atoms with Gasteiger partial charge in [0.05, 0.1) is 18.4 Å². The summed E-state index contributed by atoms with van der Waals surface area (Å²) < 4.78 is 18.3. The third-order valence-electron chi connectivity index (χ3n) is 2.59. The largest absolute Gasteiger partial charge is 0.465 e. The molecule has 8 heteroatoms. The van der Waals surface area contributed by atoms with Crippen molar-refractivity contribution in [1.82, 2.24) is 10.2 Å². The summed E-state index contributed by atoms with van der Waals surface area (Å²) in [5.74, 6) is -1.08. The van der Waals surface area contributed by atoms with Crippen molar-refractivity contribution in [2.75, 3.05) is 17.7 Å². The Hall–Kier alpha value is -2.90. The molecule has 0 atom stereocenters. The summed E-state index contributed by atoms with van der Waals surface area (Å²) >= 11 is 0. The lowest BCUT2D eigenvalue weighted by Crippen LogP contribution is -2.20. The number of carbonyl (C=O) groups is 2. The van der Waals surface area contributed by atoms with E-state index in [1.807, 2.05) is 0 Å². The Balaban J connectivity index is 2.05. The quantitative estimate of drug-likeness (QED) is 0.756. The highest BCUT2D eigenvalue weighted by Crippen LogP contribution is 2.17. The van der Waals surface area contributed by atoms with Crippen molar-refractivity contribution in [3.05, 3.63) is 41.3 Å². The molecule has 0 bridgehead atoms. The van der Waals surface area contributed by atoms with Crippen LogP contribution in [0, 0.1) is 12.7 Å². The number of hydrogen-bond donors (Lipinski definition) is 3. The van der Waals surface area contributed by atoms with Crippen LogP contribution in [0.4, 0.5) is 20.7 Å². The van der Waals surface area contributed by atoms with Gasteiger partial charge in [0.1, 0.15) is 5.82 Å². The van der Waals surface area contributed by atoms with E-state index in [0.29, 0.717) is 5.82 Å². The lowest BCUT2D eigenvalue weighted by Gasteiger charge is -2.07. The minimum atomic E-state index is -0.744. The minimum Gasteiger partial charge on any atom is -0.465 e. The average Bonchev–Trinajstić information content (AvgIpc) is 2.85. The van der Waals surface area contributed by atoms with Crippen LogP contribution in [0.1, 0.15) is 16.1 Å². The number of urea groups is 1. The molecule has 0 aliphatic rings. The monoisotopic (exact) mass is 292 g/mol. The highest BCUT2D eigenvalue weighted by atomic mass is 19.1. The summed E-state index contributed by atoms with van der Waals surface area (Å²) in [5, 5.41) is 11.2. The molecule has 3 N–H and O–H groups in total. The molecule has 0 saturated heterocycles. The molecular formula is C13H13FN4O3. The molecule has 0 saturated carbocycles. The second kappa shape index (κ2) is 6.04. The zero-order valence-corrected chi connectivity index (χ0v) is 11.4. The van der Waals surface area contributed by atoms with Gasteiger partial charge in [0.25, 0.3) is 0 Å². The van der Waals surface area contributed by atoms with Crippen molar-refractivity contribution >= 4 is 23.5 Å². The number of ether oxygens (including phenoxy) is 1. The number of aromatic amines is 1. The van der Waals surface area contributed by atoms with Gasteiger partial charge < -0.3 is 10.1 Å². The second-order valence-corrected chi connectivity index (χ2v) is 4.20. The topological polar surface area (TPSA) is 96.1 Å². The highest BCUT2D eigenvalue weighted by molar-refractivity contribution is 5.99. The molecule has 2 aromatic rings. The SMILES string of the molecule is COC(=O)c1ccc(NC(=O)Nc2cc(C)[nH]n2)c(F)c1. The number of aryl methyl sites for hydroxylation is 1. The van der Waals surface area contributed by atoms with Crippen LogP contribution < -0.4 is 10.6 Å². The van der Waals surface area contributed by atoms with Crippen LogP contribution in [0.5, 0.6) is 0 Å². The van der Waals surface area contributed by atoms with E-state index in [1.165, 1.54) is 19.2 Å². The van der Waals surface area contributed by atoms with E-state index in [4.69, 9.17) is 0 Å². The first-order valence-corrected chi connectivity index (χ1v) is 5.97. The fourth-order valence-corrected chi connectivity index (χ4v) is 1.61. The van der Waals surface area contributed by atoms with E-state index >= 15 is 0 Å². The molecule has 0 aliphatic heterocycles. The molecule has 1 aromatic carbocycles. The van der Waals surface area contributed by atoms with Gasteiger partial charge in [0, 0.05) is 11.8 Å². The van der Waals surface area contributed by atoms with Crippen molar-refractivity contribution in [3.63, 3.8) is 0 Å². The van der Waals surface area contributed by atoms with E-state index in [-0.39, 0.29) is 11.3 Å². The lowest BCUT2D eigenvalue weighted by atomic mass is 10.2. The Morgan fingerprint density at radius 1 is 1.29 bits per heavy atom. The predicted octanol–water partition coefficient (Wildman–Crippen LogP) is 2.29. The normalized spacial score (nSPS) is 10.0. The molecular weight excluding hydrogens is 279 g/mol. The number of benzene rings is 1. The first-order chi connectivity index (χ1) is 9.99. The van der Waals surface area contributed by atoms with Crippen molar-refractivity contribution in [1.29, 1.82) is 0 Å². The summed E-state index contributed by atoms with van der Waals surface area (Å²) in [7, 11) is 1.20. The van der Waals surface area contributed by atoms with Crippen molar-refractivity contribution in [3.8, 4) is 0 Å². The molecule has 1 heterocycles. The molecule has 1 aromatic heterocycles. The van der Waals surface area contributed by atoms with Gasteiger partial charge in [-0.2, -0.15) is 5.10 Å². The van der Waals surface area contributed by atoms with E-state index in [1.54, 1.807) is 13.0 Å². The number of H-pyrrole nitrogens is 1. The Bertz CT molecular complexity index is 684. The Morgan fingerprint density at radius 2 is 2.05 bits per heavy atom. The summed E-state index contributed by atoms with van der Waals surface area (Å²) in [6.45, 7) is 1.78. The van der Waals surface area contributed by atoms with E-state index in [9.17, 15) is 14.0 Å². The standard InChI is InChI=1S/C13H13FN4O3/c1-7-5-11(18-17-7)16-13(20)15-10-4-3-8(6-9(10)14)12(19)21-2/h3-6H,1-2H3,(H3,15,16,17,18,20). The summed E-state index contributed by atoms with van der Waals surface area (Å²) in [4.78, 5) is 22.9. The first-order valence-electron chi connectivity index (χ1n) is 5.97.